The van der Waals surface area contributed by atoms with E-state index in [0.29, 0.717) is 24.6 Å². The van der Waals surface area contributed by atoms with Crippen molar-refractivity contribution >= 4 is 11.7 Å². The maximum absolute atomic E-state index is 12.1. The molecule has 1 aliphatic heterocycles. The number of ketones is 1. The van der Waals surface area contributed by atoms with Gasteiger partial charge in [-0.2, -0.15) is 0 Å². The number of carbonyl (C=O) groups excluding carboxylic acids is 2. The number of nitrogens with one attached hydrogen (secondary N) is 1. The molecule has 0 saturated carbocycles. The second-order valence-electron chi connectivity index (χ2n) is 6.60. The van der Waals surface area contributed by atoms with E-state index in [1.807, 2.05) is 12.1 Å². The molecule has 1 amide bonds. The lowest BCUT2D eigenvalue weighted by atomic mass is 9.86. The molecule has 0 bridgehead atoms. The summed E-state index contributed by atoms with van der Waals surface area (Å²) in [6.07, 6.45) is 0.939. The Kier molecular flexibility index (Phi) is 4.78. The van der Waals surface area contributed by atoms with Crippen LogP contribution in [0.4, 0.5) is 0 Å². The lowest BCUT2D eigenvalue weighted by Crippen LogP contribution is -2.35. The molecule has 0 spiro atoms. The topological polar surface area (TPSA) is 55.4 Å². The molecule has 4 nitrogen and oxygen atoms in total. The van der Waals surface area contributed by atoms with Crippen molar-refractivity contribution < 1.29 is 14.3 Å². The van der Waals surface area contributed by atoms with Crippen LogP contribution in [0.15, 0.2) is 24.3 Å². The maximum Gasteiger partial charge on any atom is 0.292 e. The lowest BCUT2D eigenvalue weighted by molar-refractivity contribution is -0.117. The summed E-state index contributed by atoms with van der Waals surface area (Å²) in [5.74, 6) is -0.690. The van der Waals surface area contributed by atoms with Crippen LogP contribution < -0.4 is 5.32 Å². The molecule has 1 aliphatic rings. The van der Waals surface area contributed by atoms with Crippen molar-refractivity contribution in [3.63, 3.8) is 0 Å². The monoisotopic (exact) mass is 289 g/mol. The Balaban J connectivity index is 1.94. The van der Waals surface area contributed by atoms with E-state index in [2.05, 4.69) is 26.1 Å². The minimum absolute atomic E-state index is 0.0340. The van der Waals surface area contributed by atoms with Crippen molar-refractivity contribution in [3.05, 3.63) is 35.4 Å². The zero-order valence-corrected chi connectivity index (χ0v) is 12.9. The van der Waals surface area contributed by atoms with Crippen LogP contribution in [0.1, 0.15) is 43.1 Å². The molecule has 1 unspecified atom stereocenters. The van der Waals surface area contributed by atoms with Gasteiger partial charge < -0.3 is 10.1 Å². The van der Waals surface area contributed by atoms with Crippen LogP contribution in [-0.2, 0) is 14.9 Å². The first kappa shape index (κ1) is 15.7. The van der Waals surface area contributed by atoms with Gasteiger partial charge in [-0.05, 0) is 17.4 Å². The third-order valence-electron chi connectivity index (χ3n) is 3.79. The molecular weight excluding hydrogens is 266 g/mol. The zero-order chi connectivity index (χ0) is 15.5. The summed E-state index contributed by atoms with van der Waals surface area (Å²) in [5.41, 5.74) is 1.61. The molecule has 1 N–H and O–H groups in total. The molecule has 1 aromatic carbocycles. The summed E-state index contributed by atoms with van der Waals surface area (Å²) in [4.78, 5) is 23.9. The summed E-state index contributed by atoms with van der Waals surface area (Å²) in [6.45, 7) is 8.24. The molecule has 1 aromatic rings. The van der Waals surface area contributed by atoms with E-state index in [-0.39, 0.29) is 5.41 Å². The SMILES string of the molecule is CC(C)(C)c1ccc(C(=O)C(=O)NCC2CCOC2)cc1. The first-order valence-corrected chi connectivity index (χ1v) is 7.39. The van der Waals surface area contributed by atoms with Crippen LogP contribution in [0.2, 0.25) is 0 Å². The highest BCUT2D eigenvalue weighted by Gasteiger charge is 2.21. The Morgan fingerprint density at radius 2 is 1.90 bits per heavy atom. The van der Waals surface area contributed by atoms with Crippen LogP contribution >= 0.6 is 0 Å². The summed E-state index contributed by atoms with van der Waals surface area (Å²) >= 11 is 0. The number of carbonyl (C=O) groups is 2. The minimum atomic E-state index is -0.537. The molecule has 0 aromatic heterocycles. The Labute approximate surface area is 125 Å². The molecule has 1 atom stereocenters. The van der Waals surface area contributed by atoms with E-state index in [1.54, 1.807) is 12.1 Å². The smallest absolute Gasteiger partial charge is 0.292 e. The van der Waals surface area contributed by atoms with Gasteiger partial charge in [0.25, 0.3) is 5.91 Å². The fourth-order valence-electron chi connectivity index (χ4n) is 2.31. The van der Waals surface area contributed by atoms with Gasteiger partial charge in [-0.15, -0.1) is 0 Å². The molecule has 114 valence electrons. The Hall–Kier alpha value is -1.68. The van der Waals surface area contributed by atoms with Crippen LogP contribution in [-0.4, -0.2) is 31.4 Å². The van der Waals surface area contributed by atoms with Crippen molar-refractivity contribution in [1.29, 1.82) is 0 Å². The summed E-state index contributed by atoms with van der Waals surface area (Å²) in [5, 5.41) is 2.70. The fourth-order valence-corrected chi connectivity index (χ4v) is 2.31. The second kappa shape index (κ2) is 6.39. The third-order valence-corrected chi connectivity index (χ3v) is 3.79. The van der Waals surface area contributed by atoms with Crippen molar-refractivity contribution in [1.82, 2.24) is 5.32 Å². The van der Waals surface area contributed by atoms with Gasteiger partial charge in [0.1, 0.15) is 0 Å². The molecule has 1 saturated heterocycles. The Morgan fingerprint density at radius 3 is 2.43 bits per heavy atom. The number of ether oxygens (including phenoxy) is 1. The highest BCUT2D eigenvalue weighted by Crippen LogP contribution is 2.22. The zero-order valence-electron chi connectivity index (χ0n) is 12.9. The van der Waals surface area contributed by atoms with Crippen LogP contribution in [0, 0.1) is 5.92 Å². The molecular formula is C17H23NO3. The summed E-state index contributed by atoms with van der Waals surface area (Å²) in [7, 11) is 0. The van der Waals surface area contributed by atoms with Crippen molar-refractivity contribution in [2.24, 2.45) is 5.92 Å². The maximum atomic E-state index is 12.1. The van der Waals surface area contributed by atoms with E-state index in [1.165, 1.54) is 0 Å². The second-order valence-corrected chi connectivity index (χ2v) is 6.60. The van der Waals surface area contributed by atoms with Crippen LogP contribution in [0.5, 0.6) is 0 Å². The Morgan fingerprint density at radius 1 is 1.24 bits per heavy atom. The number of Topliss-reactive ketones (excluding diaryl/α,β-unsaturated/α-hetero) is 1. The van der Waals surface area contributed by atoms with Crippen LogP contribution in [0.3, 0.4) is 0 Å². The van der Waals surface area contributed by atoms with Gasteiger partial charge in [-0.1, -0.05) is 45.0 Å². The molecule has 2 rings (SSSR count). The van der Waals surface area contributed by atoms with Gasteiger partial charge >= 0.3 is 0 Å². The fraction of sp³-hybridized carbons (Fsp3) is 0.529. The van der Waals surface area contributed by atoms with Crippen molar-refractivity contribution in [3.8, 4) is 0 Å². The first-order valence-electron chi connectivity index (χ1n) is 7.39. The molecule has 0 aliphatic carbocycles. The number of benzene rings is 1. The average Bonchev–Trinajstić information content (AvgIpc) is 2.96. The highest BCUT2D eigenvalue weighted by molar-refractivity contribution is 6.42. The predicted molar refractivity (Wildman–Crippen MR) is 81.4 cm³/mol. The van der Waals surface area contributed by atoms with Gasteiger partial charge in [0, 0.05) is 24.6 Å². The van der Waals surface area contributed by atoms with Crippen LogP contribution in [0.25, 0.3) is 0 Å². The number of rotatable bonds is 4. The molecule has 21 heavy (non-hydrogen) atoms. The van der Waals surface area contributed by atoms with Gasteiger partial charge in [-0.25, -0.2) is 0 Å². The number of amides is 1. The highest BCUT2D eigenvalue weighted by atomic mass is 16.5. The van der Waals surface area contributed by atoms with Gasteiger partial charge in [0.15, 0.2) is 0 Å². The van der Waals surface area contributed by atoms with E-state index < -0.39 is 11.7 Å². The largest absolute Gasteiger partial charge is 0.381 e. The van der Waals surface area contributed by atoms with Crippen molar-refractivity contribution in [2.45, 2.75) is 32.6 Å². The normalized spacial score (nSPS) is 18.5. The molecule has 1 fully saturated rings. The average molecular weight is 289 g/mol. The number of hydrogen-bond acceptors (Lipinski definition) is 3. The van der Waals surface area contributed by atoms with Gasteiger partial charge in [0.2, 0.25) is 5.78 Å². The molecule has 1 heterocycles. The summed E-state index contributed by atoms with van der Waals surface area (Å²) in [6, 6.07) is 7.26. The van der Waals surface area contributed by atoms with E-state index in [0.717, 1.165) is 18.6 Å². The standard InChI is InChI=1S/C17H23NO3/c1-17(2,3)14-6-4-13(5-7-14)15(19)16(20)18-10-12-8-9-21-11-12/h4-7,12H,8-11H2,1-3H3,(H,18,20). The molecule has 4 heteroatoms. The minimum Gasteiger partial charge on any atom is -0.381 e. The van der Waals surface area contributed by atoms with Gasteiger partial charge in [0.05, 0.1) is 6.61 Å². The van der Waals surface area contributed by atoms with Gasteiger partial charge in [-0.3, -0.25) is 9.59 Å². The van der Waals surface area contributed by atoms with E-state index in [4.69, 9.17) is 4.74 Å². The quantitative estimate of drug-likeness (QED) is 0.683. The lowest BCUT2D eigenvalue weighted by Gasteiger charge is -2.18. The number of hydrogen-bond donors (Lipinski definition) is 1. The molecule has 0 radical (unpaired) electrons. The first-order chi connectivity index (χ1) is 9.88. The van der Waals surface area contributed by atoms with E-state index >= 15 is 0 Å². The Bertz CT molecular complexity index is 508. The third kappa shape index (κ3) is 4.14. The predicted octanol–water partition coefficient (Wildman–Crippen LogP) is 2.32. The van der Waals surface area contributed by atoms with E-state index in [9.17, 15) is 9.59 Å². The van der Waals surface area contributed by atoms with Crippen molar-refractivity contribution in [2.75, 3.05) is 19.8 Å². The summed E-state index contributed by atoms with van der Waals surface area (Å²) < 4.78 is 5.24.